The Bertz CT molecular complexity index is 852. The van der Waals surface area contributed by atoms with E-state index in [1.807, 2.05) is 30.3 Å². The second-order valence-electron chi connectivity index (χ2n) is 8.14. The minimum absolute atomic E-state index is 0.0348. The molecule has 164 valence electrons. The zero-order valence-corrected chi connectivity index (χ0v) is 18.5. The van der Waals surface area contributed by atoms with Gasteiger partial charge in [-0.15, -0.1) is 0 Å². The molecule has 2 atom stereocenters. The first kappa shape index (κ1) is 23.1. The van der Waals surface area contributed by atoms with Gasteiger partial charge in [0.2, 0.25) is 5.91 Å². The van der Waals surface area contributed by atoms with Crippen molar-refractivity contribution in [2.45, 2.75) is 70.7 Å². The van der Waals surface area contributed by atoms with Crippen LogP contribution in [0.25, 0.3) is 0 Å². The summed E-state index contributed by atoms with van der Waals surface area (Å²) < 4.78 is 6.03. The summed E-state index contributed by atoms with van der Waals surface area (Å²) in [6, 6.07) is 18.0. The lowest BCUT2D eigenvalue weighted by molar-refractivity contribution is -0.123. The number of amides is 1. The summed E-state index contributed by atoms with van der Waals surface area (Å²) in [5.74, 6) is 6.54. The van der Waals surface area contributed by atoms with Crippen LogP contribution >= 0.6 is 0 Å². The highest BCUT2D eigenvalue weighted by Gasteiger charge is 2.29. The fourth-order valence-electron chi connectivity index (χ4n) is 3.64. The third kappa shape index (κ3) is 8.20. The normalized spacial score (nSPS) is 17.7. The lowest BCUT2D eigenvalue weighted by Gasteiger charge is -2.12. The topological polar surface area (TPSA) is 50.4 Å². The number of benzene rings is 2. The molecule has 0 saturated carbocycles. The predicted octanol–water partition coefficient (Wildman–Crippen LogP) is 4.57. The molecule has 1 fully saturated rings. The zero-order chi connectivity index (χ0) is 21.7. The zero-order valence-electron chi connectivity index (χ0n) is 18.5. The van der Waals surface area contributed by atoms with Crippen molar-refractivity contribution in [2.75, 3.05) is 6.54 Å². The summed E-state index contributed by atoms with van der Waals surface area (Å²) >= 11 is 0. The molecule has 0 aromatic heterocycles. The van der Waals surface area contributed by atoms with Crippen molar-refractivity contribution in [3.8, 4) is 11.8 Å². The van der Waals surface area contributed by atoms with Gasteiger partial charge in [-0.1, -0.05) is 80.5 Å². The van der Waals surface area contributed by atoms with E-state index < -0.39 is 0 Å². The fourth-order valence-corrected chi connectivity index (χ4v) is 3.64. The van der Waals surface area contributed by atoms with Crippen LogP contribution in [0.5, 0.6) is 0 Å². The third-order valence-electron chi connectivity index (χ3n) is 5.54. The maximum Gasteiger partial charge on any atom is 0.237 e. The summed E-state index contributed by atoms with van der Waals surface area (Å²) in [5.41, 5.74) is 3.29. The van der Waals surface area contributed by atoms with Crippen LogP contribution in [0.3, 0.4) is 0 Å². The summed E-state index contributed by atoms with van der Waals surface area (Å²) in [6.45, 7) is 4.03. The molecule has 31 heavy (non-hydrogen) atoms. The number of unbranched alkanes of at least 4 members (excludes halogenated alkanes) is 4. The number of rotatable bonds is 10. The van der Waals surface area contributed by atoms with Crippen molar-refractivity contribution in [2.24, 2.45) is 0 Å². The Morgan fingerprint density at radius 3 is 2.65 bits per heavy atom. The van der Waals surface area contributed by atoms with E-state index in [0.29, 0.717) is 26.1 Å². The molecule has 3 rings (SSSR count). The number of nitrogens with one attached hydrogen (secondary N) is 2. The predicted molar refractivity (Wildman–Crippen MR) is 125 cm³/mol. The smallest absolute Gasteiger partial charge is 0.237 e. The van der Waals surface area contributed by atoms with Crippen LogP contribution in [0.4, 0.5) is 0 Å². The summed E-state index contributed by atoms with van der Waals surface area (Å²) in [6.07, 6.45) is 6.74. The maximum atomic E-state index is 12.4. The largest absolute Gasteiger partial charge is 0.372 e. The number of hydrogen-bond acceptors (Lipinski definition) is 3. The highest BCUT2D eigenvalue weighted by molar-refractivity contribution is 5.82. The number of carbonyl (C=O) groups excluding carboxylic acids is 1. The summed E-state index contributed by atoms with van der Waals surface area (Å²) in [4.78, 5) is 12.4. The molecule has 2 aromatic rings. The SMILES string of the molecule is CCCCCCC#Cc1ccc(CO[C@H]2CN[C@H](C(=O)NCc3ccccc3)C2)cc1. The average molecular weight is 419 g/mol. The molecular weight excluding hydrogens is 384 g/mol. The van der Waals surface area contributed by atoms with E-state index in [4.69, 9.17) is 4.74 Å². The van der Waals surface area contributed by atoms with Crippen LogP contribution < -0.4 is 10.6 Å². The second kappa shape index (κ2) is 12.9. The van der Waals surface area contributed by atoms with E-state index in [-0.39, 0.29) is 18.1 Å². The molecule has 1 heterocycles. The Hall–Kier alpha value is -2.61. The Morgan fingerprint density at radius 2 is 1.87 bits per heavy atom. The molecule has 0 radical (unpaired) electrons. The van der Waals surface area contributed by atoms with Crippen molar-refractivity contribution in [1.82, 2.24) is 10.6 Å². The molecule has 0 bridgehead atoms. The van der Waals surface area contributed by atoms with Gasteiger partial charge in [0.05, 0.1) is 18.8 Å². The van der Waals surface area contributed by atoms with E-state index in [0.717, 1.165) is 23.1 Å². The van der Waals surface area contributed by atoms with E-state index >= 15 is 0 Å². The van der Waals surface area contributed by atoms with Gasteiger partial charge < -0.3 is 15.4 Å². The van der Waals surface area contributed by atoms with Crippen molar-refractivity contribution >= 4 is 5.91 Å². The molecule has 0 aliphatic carbocycles. The fraction of sp³-hybridized carbons (Fsp3) is 0.444. The van der Waals surface area contributed by atoms with Gasteiger partial charge >= 0.3 is 0 Å². The van der Waals surface area contributed by atoms with Gasteiger partial charge in [0.25, 0.3) is 0 Å². The Balaban J connectivity index is 1.35. The number of ether oxygens (including phenoxy) is 1. The minimum Gasteiger partial charge on any atom is -0.372 e. The molecule has 0 unspecified atom stereocenters. The van der Waals surface area contributed by atoms with E-state index in [2.05, 4.69) is 53.7 Å². The molecule has 4 nitrogen and oxygen atoms in total. The molecule has 4 heteroatoms. The second-order valence-corrected chi connectivity index (χ2v) is 8.14. The first-order valence-corrected chi connectivity index (χ1v) is 11.5. The quantitative estimate of drug-likeness (QED) is 0.439. The standard InChI is InChI=1S/C27H34N2O2/c1-2-3-4-5-6-8-11-22-14-16-24(17-15-22)21-31-25-18-26(28-20-25)27(30)29-19-23-12-9-7-10-13-23/h7,9-10,12-17,25-26,28H,2-6,18-21H2,1H3,(H,29,30)/t25-,26+/m1/s1. The molecule has 1 amide bonds. The van der Waals surface area contributed by atoms with Gasteiger partial charge in [-0.25, -0.2) is 0 Å². The Labute approximate surface area is 186 Å². The molecule has 0 spiro atoms. The molecular formula is C27H34N2O2. The van der Waals surface area contributed by atoms with Gasteiger partial charge in [0.15, 0.2) is 0 Å². The molecule has 2 aromatic carbocycles. The van der Waals surface area contributed by atoms with Gasteiger partial charge in [0.1, 0.15) is 0 Å². The van der Waals surface area contributed by atoms with Crippen molar-refractivity contribution < 1.29 is 9.53 Å². The third-order valence-corrected chi connectivity index (χ3v) is 5.54. The van der Waals surface area contributed by atoms with Crippen molar-refractivity contribution in [3.63, 3.8) is 0 Å². The van der Waals surface area contributed by atoms with E-state index in [1.54, 1.807) is 0 Å². The Morgan fingerprint density at radius 1 is 1.06 bits per heavy atom. The van der Waals surface area contributed by atoms with E-state index in [9.17, 15) is 4.79 Å². The molecule has 2 N–H and O–H groups in total. The molecule has 1 saturated heterocycles. The minimum atomic E-state index is -0.191. The van der Waals surface area contributed by atoms with Crippen LogP contribution in [-0.2, 0) is 22.7 Å². The summed E-state index contributed by atoms with van der Waals surface area (Å²) in [7, 11) is 0. The lowest BCUT2D eigenvalue weighted by Crippen LogP contribution is -2.39. The number of carbonyl (C=O) groups is 1. The lowest BCUT2D eigenvalue weighted by atomic mass is 10.1. The molecule has 1 aliphatic heterocycles. The van der Waals surface area contributed by atoms with Crippen molar-refractivity contribution in [1.29, 1.82) is 0 Å². The van der Waals surface area contributed by atoms with Gasteiger partial charge in [0, 0.05) is 25.1 Å². The maximum absolute atomic E-state index is 12.4. The first-order chi connectivity index (χ1) is 15.2. The summed E-state index contributed by atoms with van der Waals surface area (Å²) in [5, 5.41) is 6.28. The Kier molecular flexibility index (Phi) is 9.63. The van der Waals surface area contributed by atoms with Gasteiger partial charge in [-0.2, -0.15) is 0 Å². The van der Waals surface area contributed by atoms with Crippen LogP contribution in [0.15, 0.2) is 54.6 Å². The molecule has 1 aliphatic rings. The van der Waals surface area contributed by atoms with Gasteiger partial charge in [-0.3, -0.25) is 4.79 Å². The monoisotopic (exact) mass is 418 g/mol. The van der Waals surface area contributed by atoms with Crippen LogP contribution in [0.1, 0.15) is 62.1 Å². The van der Waals surface area contributed by atoms with Crippen LogP contribution in [-0.4, -0.2) is 24.6 Å². The van der Waals surface area contributed by atoms with Crippen molar-refractivity contribution in [3.05, 3.63) is 71.3 Å². The van der Waals surface area contributed by atoms with E-state index in [1.165, 1.54) is 25.7 Å². The highest BCUT2D eigenvalue weighted by Crippen LogP contribution is 2.14. The average Bonchev–Trinajstić information content (AvgIpc) is 3.29. The number of hydrogen-bond donors (Lipinski definition) is 2. The van der Waals surface area contributed by atoms with Gasteiger partial charge in [-0.05, 0) is 36.1 Å². The first-order valence-electron chi connectivity index (χ1n) is 11.5. The highest BCUT2D eigenvalue weighted by atomic mass is 16.5. The van der Waals surface area contributed by atoms with Crippen LogP contribution in [0, 0.1) is 11.8 Å². The van der Waals surface area contributed by atoms with Crippen LogP contribution in [0.2, 0.25) is 0 Å².